The van der Waals surface area contributed by atoms with Crippen LogP contribution in [0.5, 0.6) is 0 Å². The van der Waals surface area contributed by atoms with E-state index in [0.29, 0.717) is 23.8 Å². The second-order valence-corrected chi connectivity index (χ2v) is 9.52. The average molecular weight is 430 g/mol. The lowest BCUT2D eigenvalue weighted by Crippen LogP contribution is -2.56. The summed E-state index contributed by atoms with van der Waals surface area (Å²) in [5, 5.41) is 12.2. The van der Waals surface area contributed by atoms with Crippen LogP contribution in [0.25, 0.3) is 11.3 Å². The van der Waals surface area contributed by atoms with Gasteiger partial charge in [-0.25, -0.2) is 4.39 Å². The van der Waals surface area contributed by atoms with Crippen molar-refractivity contribution in [3.63, 3.8) is 0 Å². The van der Waals surface area contributed by atoms with E-state index in [-0.39, 0.29) is 5.82 Å². The number of aryl methyl sites for hydroxylation is 1. The molecule has 3 saturated heterocycles. The number of piperidine rings is 3. The van der Waals surface area contributed by atoms with Crippen molar-refractivity contribution in [2.45, 2.75) is 38.6 Å². The maximum atomic E-state index is 13.3. The van der Waals surface area contributed by atoms with Gasteiger partial charge in [0.1, 0.15) is 5.82 Å². The number of aromatic nitrogens is 2. The minimum absolute atomic E-state index is 0.217. The van der Waals surface area contributed by atoms with Gasteiger partial charge in [0.2, 0.25) is 0 Å². The van der Waals surface area contributed by atoms with Crippen LogP contribution >= 0.6 is 12.2 Å². The van der Waals surface area contributed by atoms with Crippen LogP contribution < -0.4 is 10.6 Å². The Hall–Kier alpha value is -1.99. The molecule has 4 heterocycles. The fourth-order valence-electron chi connectivity index (χ4n) is 4.85. The molecule has 2 bridgehead atoms. The number of nitrogens with zero attached hydrogens (tertiary/aromatic N) is 3. The fraction of sp³-hybridized carbons (Fsp3) is 0.565. The molecule has 5 nitrogen and oxygen atoms in total. The van der Waals surface area contributed by atoms with Gasteiger partial charge in [-0.3, -0.25) is 9.58 Å². The minimum Gasteiger partial charge on any atom is -0.362 e. The summed E-state index contributed by atoms with van der Waals surface area (Å²) in [7, 11) is 2.03. The Bertz CT molecular complexity index is 878. The third kappa shape index (κ3) is 4.67. The van der Waals surface area contributed by atoms with Crippen molar-refractivity contribution in [3.05, 3.63) is 41.8 Å². The highest BCUT2D eigenvalue weighted by Gasteiger charge is 2.41. The molecule has 7 heteroatoms. The number of hydrogen-bond donors (Lipinski definition) is 2. The normalized spacial score (nSPS) is 25.5. The van der Waals surface area contributed by atoms with E-state index in [1.165, 1.54) is 30.7 Å². The maximum Gasteiger partial charge on any atom is 0.166 e. The maximum absolute atomic E-state index is 13.3. The van der Waals surface area contributed by atoms with Crippen molar-refractivity contribution in [2.75, 3.05) is 26.2 Å². The summed E-state index contributed by atoms with van der Waals surface area (Å²) in [5.41, 5.74) is 3.16. The van der Waals surface area contributed by atoms with Crippen molar-refractivity contribution in [3.8, 4) is 11.3 Å². The molecule has 0 radical (unpaired) electrons. The molecule has 30 heavy (non-hydrogen) atoms. The molecule has 4 atom stereocenters. The van der Waals surface area contributed by atoms with Crippen LogP contribution in [0.15, 0.2) is 30.3 Å². The standard InChI is InChI=1S/C23H32FN5S/c1-15(2)12-25-23(30)26-13-19-10-17-8-9-29(19)14-20(17)22-11-21(27-28(22)3)16-4-6-18(24)7-5-16/h4-7,11,15,17,19-20H,8-10,12-14H2,1-3H3,(H2,25,26,30)/t17-,19+,20-/m0/s1. The molecule has 0 aliphatic carbocycles. The zero-order valence-corrected chi connectivity index (χ0v) is 18.9. The molecule has 2 N–H and O–H groups in total. The molecular formula is C23H32FN5S. The molecule has 0 saturated carbocycles. The van der Waals surface area contributed by atoms with Gasteiger partial charge in [-0.2, -0.15) is 5.10 Å². The Morgan fingerprint density at radius 3 is 2.70 bits per heavy atom. The van der Waals surface area contributed by atoms with E-state index < -0.39 is 0 Å². The largest absolute Gasteiger partial charge is 0.362 e. The Balaban J connectivity index is 1.39. The number of fused-ring (bicyclic) bond motifs is 3. The highest BCUT2D eigenvalue weighted by atomic mass is 32.1. The number of benzene rings is 1. The summed E-state index contributed by atoms with van der Waals surface area (Å²) in [6.45, 7) is 8.39. The van der Waals surface area contributed by atoms with Crippen LogP contribution in [-0.2, 0) is 7.05 Å². The SMILES string of the molecule is CC(C)CNC(=S)NC[C@H]1C[C@@H]2CCN1C[C@@H]2c1cc(-c2ccc(F)cc2)nn1C. The van der Waals surface area contributed by atoms with Gasteiger partial charge in [-0.1, -0.05) is 13.8 Å². The van der Waals surface area contributed by atoms with Gasteiger partial charge >= 0.3 is 0 Å². The predicted molar refractivity (Wildman–Crippen MR) is 123 cm³/mol. The average Bonchev–Trinajstić information content (AvgIpc) is 3.13. The Kier molecular flexibility index (Phi) is 6.39. The number of hydrogen-bond acceptors (Lipinski definition) is 3. The molecule has 5 rings (SSSR count). The molecule has 3 fully saturated rings. The van der Waals surface area contributed by atoms with Crippen LogP contribution in [0, 0.1) is 17.7 Å². The van der Waals surface area contributed by atoms with Crippen LogP contribution in [0.3, 0.4) is 0 Å². The quantitative estimate of drug-likeness (QED) is 0.688. The highest BCUT2D eigenvalue weighted by molar-refractivity contribution is 7.80. The Morgan fingerprint density at radius 1 is 1.27 bits per heavy atom. The van der Waals surface area contributed by atoms with E-state index in [0.717, 1.165) is 42.5 Å². The van der Waals surface area contributed by atoms with Gasteiger partial charge in [0, 0.05) is 49.9 Å². The molecule has 162 valence electrons. The summed E-state index contributed by atoms with van der Waals surface area (Å²) in [4.78, 5) is 2.60. The molecule has 2 aromatic rings. The first-order valence-electron chi connectivity index (χ1n) is 11.0. The zero-order valence-electron chi connectivity index (χ0n) is 18.1. The molecule has 1 aromatic carbocycles. The second-order valence-electron chi connectivity index (χ2n) is 9.11. The van der Waals surface area contributed by atoms with Gasteiger partial charge in [0.15, 0.2) is 5.11 Å². The molecule has 3 aliphatic rings. The van der Waals surface area contributed by atoms with Crippen molar-refractivity contribution < 1.29 is 4.39 Å². The lowest BCUT2D eigenvalue weighted by molar-refractivity contribution is 0.0303. The third-order valence-corrected chi connectivity index (χ3v) is 6.77. The Labute approximate surface area is 184 Å². The monoisotopic (exact) mass is 429 g/mol. The smallest absolute Gasteiger partial charge is 0.166 e. The molecule has 0 spiro atoms. The molecule has 1 unspecified atom stereocenters. The first kappa shape index (κ1) is 21.2. The number of nitrogens with one attached hydrogen (secondary N) is 2. The molecule has 0 amide bonds. The van der Waals surface area contributed by atoms with Gasteiger partial charge in [-0.05, 0) is 73.8 Å². The summed E-state index contributed by atoms with van der Waals surface area (Å²) < 4.78 is 15.3. The number of halogens is 1. The van der Waals surface area contributed by atoms with E-state index >= 15 is 0 Å². The van der Waals surface area contributed by atoms with Crippen LogP contribution in [0.4, 0.5) is 4.39 Å². The predicted octanol–water partition coefficient (Wildman–Crippen LogP) is 3.52. The second kappa shape index (κ2) is 9.02. The van der Waals surface area contributed by atoms with E-state index in [4.69, 9.17) is 17.3 Å². The highest BCUT2D eigenvalue weighted by Crippen LogP contribution is 2.42. The van der Waals surface area contributed by atoms with E-state index in [2.05, 4.69) is 35.4 Å². The fourth-order valence-corrected chi connectivity index (χ4v) is 5.01. The minimum atomic E-state index is -0.217. The summed E-state index contributed by atoms with van der Waals surface area (Å²) in [6.07, 6.45) is 2.41. The van der Waals surface area contributed by atoms with Crippen molar-refractivity contribution >= 4 is 17.3 Å². The molecule has 3 aliphatic heterocycles. The van der Waals surface area contributed by atoms with E-state index in [1.54, 1.807) is 12.1 Å². The number of rotatable bonds is 6. The summed E-state index contributed by atoms with van der Waals surface area (Å²) in [6, 6.07) is 9.32. The van der Waals surface area contributed by atoms with Crippen LogP contribution in [-0.4, -0.2) is 52.0 Å². The number of thiocarbonyl (C=S) groups is 1. The van der Waals surface area contributed by atoms with E-state index in [9.17, 15) is 4.39 Å². The van der Waals surface area contributed by atoms with Gasteiger partial charge in [0.25, 0.3) is 0 Å². The molecular weight excluding hydrogens is 397 g/mol. The third-order valence-electron chi connectivity index (χ3n) is 6.48. The first-order valence-corrected chi connectivity index (χ1v) is 11.4. The first-order chi connectivity index (χ1) is 14.4. The van der Waals surface area contributed by atoms with Gasteiger partial charge in [-0.15, -0.1) is 0 Å². The van der Waals surface area contributed by atoms with Crippen LogP contribution in [0.2, 0.25) is 0 Å². The van der Waals surface area contributed by atoms with E-state index in [1.807, 2.05) is 11.7 Å². The topological polar surface area (TPSA) is 45.1 Å². The Morgan fingerprint density at radius 2 is 2.03 bits per heavy atom. The van der Waals surface area contributed by atoms with Crippen molar-refractivity contribution in [2.24, 2.45) is 18.9 Å². The van der Waals surface area contributed by atoms with Crippen LogP contribution in [0.1, 0.15) is 38.3 Å². The lowest BCUT2D eigenvalue weighted by Gasteiger charge is -2.50. The summed E-state index contributed by atoms with van der Waals surface area (Å²) >= 11 is 5.43. The molecule has 1 aromatic heterocycles. The summed E-state index contributed by atoms with van der Waals surface area (Å²) in [5.74, 6) is 1.52. The van der Waals surface area contributed by atoms with Gasteiger partial charge in [0.05, 0.1) is 5.69 Å². The lowest BCUT2D eigenvalue weighted by atomic mass is 9.74. The van der Waals surface area contributed by atoms with Gasteiger partial charge < -0.3 is 10.6 Å². The zero-order chi connectivity index (χ0) is 21.3. The van der Waals surface area contributed by atoms with Crippen molar-refractivity contribution in [1.82, 2.24) is 25.3 Å². The van der Waals surface area contributed by atoms with Crippen molar-refractivity contribution in [1.29, 1.82) is 0 Å².